The van der Waals surface area contributed by atoms with Gasteiger partial charge in [0.1, 0.15) is 35.1 Å². The van der Waals surface area contributed by atoms with Crippen LogP contribution in [0.2, 0.25) is 0 Å². The van der Waals surface area contributed by atoms with Gasteiger partial charge < -0.3 is 14.4 Å². The number of rotatable bonds is 6. The molecule has 0 aliphatic carbocycles. The number of alkyl halides is 2. The third-order valence-electron chi connectivity index (χ3n) is 13.1. The van der Waals surface area contributed by atoms with Crippen molar-refractivity contribution in [2.45, 2.75) is 115 Å². The number of aromatic nitrogens is 3. The zero-order chi connectivity index (χ0) is 40.2. The van der Waals surface area contributed by atoms with Crippen molar-refractivity contribution >= 4 is 33.6 Å². The van der Waals surface area contributed by atoms with E-state index in [1.165, 1.54) is 6.07 Å². The fraction of sp³-hybridized carbons (Fsp3) is 0.545. The number of terminal acetylenes is 1. The number of fused-ring (bicyclic) bond motifs is 7. The molecule has 2 aromatic heterocycles. The van der Waals surface area contributed by atoms with Crippen LogP contribution in [-0.4, -0.2) is 92.8 Å². The van der Waals surface area contributed by atoms with E-state index in [2.05, 4.69) is 22.6 Å². The van der Waals surface area contributed by atoms with Gasteiger partial charge in [-0.1, -0.05) is 44.0 Å². The van der Waals surface area contributed by atoms with Gasteiger partial charge in [0.2, 0.25) is 6.43 Å². The number of ether oxygens (including phenoxy) is 2. The Hall–Kier alpha value is -4.70. The largest absolute Gasteiger partial charge is 0.461 e. The van der Waals surface area contributed by atoms with E-state index in [0.717, 1.165) is 32.2 Å². The van der Waals surface area contributed by atoms with E-state index >= 15 is 8.78 Å². The van der Waals surface area contributed by atoms with Gasteiger partial charge in [-0.05, 0) is 88.6 Å². The van der Waals surface area contributed by atoms with Crippen LogP contribution in [0.1, 0.15) is 84.4 Å². The van der Waals surface area contributed by atoms with Crippen LogP contribution in [0.25, 0.3) is 32.9 Å². The lowest BCUT2D eigenvalue weighted by Gasteiger charge is -2.49. The van der Waals surface area contributed by atoms with Crippen LogP contribution in [0.4, 0.5) is 28.2 Å². The van der Waals surface area contributed by atoms with Crippen molar-refractivity contribution in [1.82, 2.24) is 24.8 Å². The highest BCUT2D eigenvalue weighted by Crippen LogP contribution is 2.51. The van der Waals surface area contributed by atoms with E-state index < -0.39 is 34.6 Å². The first kappa shape index (κ1) is 37.9. The van der Waals surface area contributed by atoms with Crippen molar-refractivity contribution in [2.75, 3.05) is 31.1 Å². The van der Waals surface area contributed by atoms with Crippen molar-refractivity contribution in [1.29, 1.82) is 0 Å². The summed E-state index contributed by atoms with van der Waals surface area (Å²) >= 11 is 0. The van der Waals surface area contributed by atoms with Crippen LogP contribution in [0.3, 0.4) is 0 Å². The maximum atomic E-state index is 17.5. The average Bonchev–Trinajstić information content (AvgIpc) is 3.73. The van der Waals surface area contributed by atoms with Gasteiger partial charge in [0.15, 0.2) is 5.82 Å². The second-order valence-electron chi connectivity index (χ2n) is 18.4. The van der Waals surface area contributed by atoms with Crippen LogP contribution in [0, 0.1) is 35.3 Å². The molecule has 6 atom stereocenters. The normalized spacial score (nSPS) is 28.2. The maximum absolute atomic E-state index is 17.5. The van der Waals surface area contributed by atoms with Crippen molar-refractivity contribution in [2.24, 2.45) is 11.3 Å². The SMILES string of the molecule is C#Cc1c(F)ccc2cccc(-c3nc4c5c(nc(OC[C@@]67CCCN6C[C@@](C)(CC(F)F)C7)nc5c3F)N3C[C@H]5CC[C@@H]([C@@H]3[C@@H](C)C4)N5C(=O)OC(C)(C)C)c12. The molecule has 4 aromatic rings. The Kier molecular flexibility index (Phi) is 8.92. The fourth-order valence-electron chi connectivity index (χ4n) is 11.1. The molecule has 57 heavy (non-hydrogen) atoms. The molecule has 0 N–H and O–H groups in total. The standard InChI is InChI=1S/C44H48F4N6O3/c1-7-27-29(45)14-12-25-10-8-11-28(33(25)27)36-35(48)37-34-30(49-36)18-24(2)38-31-15-13-26(54(31)41(55)57-42(3,4)5)20-53(38)39(34)51-40(50-37)56-23-44-16-9-17-52(44)22-43(6,21-44)19-32(46)47/h1,8,10-12,14,24,26,31-32,38H,9,13,15-23H2,2-6H3/t24-,26+,31-,38-,43-,44-/m0/s1. The minimum Gasteiger partial charge on any atom is -0.461 e. The monoisotopic (exact) mass is 784 g/mol. The lowest BCUT2D eigenvalue weighted by Crippen LogP contribution is -2.63. The summed E-state index contributed by atoms with van der Waals surface area (Å²) in [6.45, 7) is 11.5. The molecular weight excluding hydrogens is 737 g/mol. The molecule has 1 amide bonds. The Balaban J connectivity index is 1.19. The van der Waals surface area contributed by atoms with Gasteiger partial charge in [-0.3, -0.25) is 9.80 Å². The molecule has 0 saturated carbocycles. The van der Waals surface area contributed by atoms with Crippen molar-refractivity contribution in [3.63, 3.8) is 0 Å². The first-order valence-electron chi connectivity index (χ1n) is 20.1. The first-order valence-corrected chi connectivity index (χ1v) is 20.1. The predicted molar refractivity (Wildman–Crippen MR) is 209 cm³/mol. The zero-order valence-corrected chi connectivity index (χ0v) is 33.0. The molecule has 2 bridgehead atoms. The van der Waals surface area contributed by atoms with Crippen molar-refractivity contribution < 1.29 is 31.8 Å². The summed E-state index contributed by atoms with van der Waals surface area (Å²) in [6.07, 6.45) is 7.10. The number of benzene rings is 2. The number of nitrogens with zero attached hydrogens (tertiary/aromatic N) is 6. The van der Waals surface area contributed by atoms with E-state index in [9.17, 15) is 13.6 Å². The predicted octanol–water partition coefficient (Wildman–Crippen LogP) is 8.53. The minimum absolute atomic E-state index is 0.0103. The molecule has 13 heteroatoms. The quantitative estimate of drug-likeness (QED) is 0.142. The summed E-state index contributed by atoms with van der Waals surface area (Å²) in [6, 6.07) is 7.58. The fourth-order valence-corrected chi connectivity index (χ4v) is 11.1. The van der Waals surface area contributed by atoms with Gasteiger partial charge in [-0.15, -0.1) is 6.42 Å². The first-order chi connectivity index (χ1) is 27.1. The Morgan fingerprint density at radius 1 is 1.11 bits per heavy atom. The third-order valence-corrected chi connectivity index (χ3v) is 13.1. The highest BCUT2D eigenvalue weighted by Gasteiger charge is 2.55. The van der Waals surface area contributed by atoms with Gasteiger partial charge in [0, 0.05) is 30.5 Å². The number of amides is 1. The Bertz CT molecular complexity index is 2350. The van der Waals surface area contributed by atoms with Gasteiger partial charge in [-0.2, -0.15) is 9.97 Å². The number of hydrogen-bond acceptors (Lipinski definition) is 8. The molecule has 2 aromatic carbocycles. The summed E-state index contributed by atoms with van der Waals surface area (Å²) < 4.78 is 72.6. The van der Waals surface area contributed by atoms with Crippen LogP contribution < -0.4 is 9.64 Å². The van der Waals surface area contributed by atoms with Crippen LogP contribution >= 0.6 is 0 Å². The molecule has 0 spiro atoms. The average molecular weight is 785 g/mol. The number of anilines is 1. The molecule has 0 radical (unpaired) electrons. The number of carbonyl (C=O) groups is 1. The Morgan fingerprint density at radius 2 is 1.91 bits per heavy atom. The number of hydrogen-bond donors (Lipinski definition) is 0. The highest BCUT2D eigenvalue weighted by atomic mass is 19.3. The molecular formula is C44H48F4N6O3. The lowest BCUT2D eigenvalue weighted by atomic mass is 9.79. The lowest BCUT2D eigenvalue weighted by molar-refractivity contribution is 0.00489. The summed E-state index contributed by atoms with van der Waals surface area (Å²) in [5.74, 6) is 1.57. The van der Waals surface area contributed by atoms with Gasteiger partial charge in [0.05, 0.1) is 40.3 Å². The Morgan fingerprint density at radius 3 is 2.67 bits per heavy atom. The Labute approximate surface area is 330 Å². The number of pyridine rings is 1. The summed E-state index contributed by atoms with van der Waals surface area (Å²) in [4.78, 5) is 35.0. The molecule has 5 aliphatic heterocycles. The van der Waals surface area contributed by atoms with Crippen molar-refractivity contribution in [3.05, 3.63) is 53.2 Å². The number of halogens is 4. The maximum Gasteiger partial charge on any atom is 0.410 e. The van der Waals surface area contributed by atoms with E-state index in [4.69, 9.17) is 30.8 Å². The second kappa shape index (κ2) is 13.4. The molecule has 4 saturated heterocycles. The van der Waals surface area contributed by atoms with Crippen molar-refractivity contribution in [3.8, 4) is 29.6 Å². The molecule has 5 aliphatic rings. The van der Waals surface area contributed by atoms with Gasteiger partial charge in [0.25, 0.3) is 0 Å². The number of carbonyl (C=O) groups excluding carboxylic acids is 1. The molecule has 0 unspecified atom stereocenters. The summed E-state index contributed by atoms with van der Waals surface area (Å²) in [5, 5.41) is 1.49. The van der Waals surface area contributed by atoms with E-state index in [0.29, 0.717) is 59.2 Å². The molecule has 7 heterocycles. The summed E-state index contributed by atoms with van der Waals surface area (Å²) in [7, 11) is 0. The topological polar surface area (TPSA) is 83.9 Å². The highest BCUT2D eigenvalue weighted by molar-refractivity contribution is 6.03. The smallest absolute Gasteiger partial charge is 0.410 e. The van der Waals surface area contributed by atoms with Gasteiger partial charge in [-0.25, -0.2) is 27.3 Å². The third kappa shape index (κ3) is 6.24. The molecule has 4 fully saturated rings. The molecule has 9 rings (SSSR count). The summed E-state index contributed by atoms with van der Waals surface area (Å²) in [5.41, 5.74) is -0.763. The molecule has 9 nitrogen and oxygen atoms in total. The number of piperazine rings is 1. The zero-order valence-electron chi connectivity index (χ0n) is 33.0. The van der Waals surface area contributed by atoms with E-state index in [1.54, 1.807) is 24.3 Å². The van der Waals surface area contributed by atoms with E-state index in [1.807, 2.05) is 32.6 Å². The van der Waals surface area contributed by atoms with Crippen LogP contribution in [0.15, 0.2) is 30.3 Å². The molecule has 300 valence electrons. The van der Waals surface area contributed by atoms with E-state index in [-0.39, 0.29) is 65.9 Å². The minimum atomic E-state index is -2.41. The van der Waals surface area contributed by atoms with Gasteiger partial charge >= 0.3 is 12.1 Å². The van der Waals surface area contributed by atoms with Crippen LogP contribution in [-0.2, 0) is 11.2 Å². The van der Waals surface area contributed by atoms with Crippen LogP contribution in [0.5, 0.6) is 6.01 Å². The second-order valence-corrected chi connectivity index (χ2v) is 18.4.